The van der Waals surface area contributed by atoms with Crippen molar-refractivity contribution < 1.29 is 19.4 Å². The molecule has 1 heterocycles. The summed E-state index contributed by atoms with van der Waals surface area (Å²) in [6.07, 6.45) is 0.375. The predicted molar refractivity (Wildman–Crippen MR) is 63.6 cm³/mol. The maximum atomic E-state index is 11.5. The number of anilines is 1. The number of carboxylic acid groups (broad SMARTS) is 1. The highest BCUT2D eigenvalue weighted by Crippen LogP contribution is 2.14. The van der Waals surface area contributed by atoms with E-state index in [1.54, 1.807) is 27.7 Å². The third-order valence-corrected chi connectivity index (χ3v) is 1.76. The Morgan fingerprint density at radius 1 is 1.39 bits per heavy atom. The van der Waals surface area contributed by atoms with Crippen LogP contribution < -0.4 is 5.32 Å². The minimum atomic E-state index is -1.22. The van der Waals surface area contributed by atoms with Crippen molar-refractivity contribution in [1.29, 1.82) is 0 Å². The summed E-state index contributed by atoms with van der Waals surface area (Å²) in [4.78, 5) is 30.1. The third-order valence-electron chi connectivity index (χ3n) is 1.76. The van der Waals surface area contributed by atoms with Gasteiger partial charge in [-0.2, -0.15) is 0 Å². The lowest BCUT2D eigenvalue weighted by Gasteiger charge is -2.19. The van der Waals surface area contributed by atoms with E-state index in [0.29, 0.717) is 5.82 Å². The number of nitrogens with one attached hydrogen (secondary N) is 1. The van der Waals surface area contributed by atoms with Crippen LogP contribution in [-0.4, -0.2) is 32.7 Å². The molecule has 0 unspecified atom stereocenters. The van der Waals surface area contributed by atoms with Crippen LogP contribution in [-0.2, 0) is 4.74 Å². The minimum Gasteiger partial charge on any atom is -0.477 e. The first-order valence-corrected chi connectivity index (χ1v) is 5.26. The van der Waals surface area contributed by atoms with Crippen LogP contribution in [0.3, 0.4) is 0 Å². The molecule has 1 aromatic heterocycles. The van der Waals surface area contributed by atoms with E-state index in [0.717, 1.165) is 6.20 Å². The lowest BCUT2D eigenvalue weighted by molar-refractivity contribution is 0.0635. The number of aromatic nitrogens is 2. The summed E-state index contributed by atoms with van der Waals surface area (Å²) < 4.78 is 5.01. The molecule has 2 N–H and O–H groups in total. The van der Waals surface area contributed by atoms with Gasteiger partial charge in [-0.05, 0) is 27.7 Å². The lowest BCUT2D eigenvalue weighted by Crippen LogP contribution is -2.28. The van der Waals surface area contributed by atoms with Crippen LogP contribution in [0.5, 0.6) is 0 Å². The molecule has 0 aliphatic carbocycles. The van der Waals surface area contributed by atoms with E-state index in [2.05, 4.69) is 15.3 Å². The van der Waals surface area contributed by atoms with Crippen molar-refractivity contribution in [2.45, 2.75) is 33.3 Å². The number of hydrogen-bond donors (Lipinski definition) is 2. The molecule has 0 bridgehead atoms. The number of nitrogens with zero attached hydrogens (tertiary/aromatic N) is 2. The molecule has 0 spiro atoms. The molecule has 0 aliphatic rings. The smallest absolute Gasteiger partial charge is 0.413 e. The molecule has 7 heteroatoms. The number of carbonyl (C=O) groups is 2. The van der Waals surface area contributed by atoms with Gasteiger partial charge in [-0.25, -0.2) is 19.6 Å². The minimum absolute atomic E-state index is 0.0794. The third kappa shape index (κ3) is 4.00. The molecule has 0 saturated heterocycles. The van der Waals surface area contributed by atoms with E-state index in [1.807, 2.05) is 0 Å². The van der Waals surface area contributed by atoms with Gasteiger partial charge in [-0.15, -0.1) is 0 Å². The van der Waals surface area contributed by atoms with Crippen molar-refractivity contribution in [2.24, 2.45) is 0 Å². The average molecular weight is 253 g/mol. The van der Waals surface area contributed by atoms with E-state index < -0.39 is 17.7 Å². The van der Waals surface area contributed by atoms with Gasteiger partial charge < -0.3 is 9.84 Å². The normalized spacial score (nSPS) is 10.9. The molecule has 7 nitrogen and oxygen atoms in total. The van der Waals surface area contributed by atoms with Crippen LogP contribution in [0, 0.1) is 6.92 Å². The summed E-state index contributed by atoms with van der Waals surface area (Å²) >= 11 is 0. The molecule has 0 saturated carbocycles. The van der Waals surface area contributed by atoms with Gasteiger partial charge in [0.15, 0.2) is 5.82 Å². The van der Waals surface area contributed by atoms with Crippen molar-refractivity contribution >= 4 is 17.9 Å². The van der Waals surface area contributed by atoms with Crippen molar-refractivity contribution in [3.8, 4) is 0 Å². The highest BCUT2D eigenvalue weighted by atomic mass is 16.6. The van der Waals surface area contributed by atoms with Crippen LogP contribution in [0.4, 0.5) is 10.6 Å². The van der Waals surface area contributed by atoms with Gasteiger partial charge in [0, 0.05) is 6.20 Å². The molecule has 0 radical (unpaired) electrons. The molecule has 1 aromatic rings. The van der Waals surface area contributed by atoms with Crippen LogP contribution in [0.25, 0.3) is 0 Å². The molecule has 1 amide bonds. The molecular formula is C11H15N3O4. The van der Waals surface area contributed by atoms with Gasteiger partial charge >= 0.3 is 12.1 Å². The SMILES string of the molecule is Cc1ncc(C(=O)O)c(NC(=O)OC(C)(C)C)n1. The topological polar surface area (TPSA) is 101 Å². The van der Waals surface area contributed by atoms with E-state index >= 15 is 0 Å². The van der Waals surface area contributed by atoms with Gasteiger partial charge in [0.1, 0.15) is 17.0 Å². The predicted octanol–water partition coefficient (Wildman–Crippen LogP) is 1.83. The first-order valence-electron chi connectivity index (χ1n) is 5.26. The van der Waals surface area contributed by atoms with E-state index in [-0.39, 0.29) is 11.4 Å². The van der Waals surface area contributed by atoms with Gasteiger partial charge in [-0.3, -0.25) is 5.32 Å². The molecule has 0 aliphatic heterocycles. The fraction of sp³-hybridized carbons (Fsp3) is 0.455. The van der Waals surface area contributed by atoms with Crippen LogP contribution >= 0.6 is 0 Å². The van der Waals surface area contributed by atoms with Gasteiger partial charge in [0.05, 0.1) is 0 Å². The first-order chi connectivity index (χ1) is 8.19. The molecule has 0 aromatic carbocycles. The molecular weight excluding hydrogens is 238 g/mol. The molecule has 98 valence electrons. The fourth-order valence-electron chi connectivity index (χ4n) is 1.12. The highest BCUT2D eigenvalue weighted by Gasteiger charge is 2.20. The van der Waals surface area contributed by atoms with Crippen molar-refractivity contribution in [1.82, 2.24) is 9.97 Å². The summed E-state index contributed by atoms with van der Waals surface area (Å²) in [5, 5.41) is 11.2. The number of hydrogen-bond acceptors (Lipinski definition) is 5. The number of carbonyl (C=O) groups excluding carboxylic acids is 1. The summed E-state index contributed by atoms with van der Waals surface area (Å²) in [6.45, 7) is 6.70. The standard InChI is InChI=1S/C11H15N3O4/c1-6-12-5-7(9(15)16)8(13-6)14-10(17)18-11(2,3)4/h5H,1-4H3,(H,15,16)(H,12,13,14,17). The van der Waals surface area contributed by atoms with E-state index in [1.165, 1.54) is 0 Å². The van der Waals surface area contributed by atoms with Gasteiger partial charge in [0.2, 0.25) is 0 Å². The number of ether oxygens (including phenoxy) is 1. The Morgan fingerprint density at radius 2 is 2.00 bits per heavy atom. The number of amides is 1. The van der Waals surface area contributed by atoms with Crippen molar-refractivity contribution in [3.05, 3.63) is 17.6 Å². The van der Waals surface area contributed by atoms with Gasteiger partial charge in [0.25, 0.3) is 0 Å². The molecule has 0 fully saturated rings. The van der Waals surface area contributed by atoms with E-state index in [4.69, 9.17) is 9.84 Å². The molecule has 0 atom stereocenters. The zero-order valence-corrected chi connectivity index (χ0v) is 10.6. The highest BCUT2D eigenvalue weighted by molar-refractivity contribution is 5.97. The van der Waals surface area contributed by atoms with E-state index in [9.17, 15) is 9.59 Å². The Hall–Kier alpha value is -2.18. The summed E-state index contributed by atoms with van der Waals surface area (Å²) in [5.41, 5.74) is -0.860. The zero-order chi connectivity index (χ0) is 13.9. The average Bonchev–Trinajstić information content (AvgIpc) is 2.13. The number of aryl methyl sites for hydroxylation is 1. The van der Waals surface area contributed by atoms with Crippen LogP contribution in [0.15, 0.2) is 6.20 Å². The Balaban J connectivity index is 2.93. The van der Waals surface area contributed by atoms with Crippen molar-refractivity contribution in [3.63, 3.8) is 0 Å². The second-order valence-corrected chi connectivity index (χ2v) is 4.61. The Bertz CT molecular complexity index is 480. The summed E-state index contributed by atoms with van der Waals surface area (Å²) in [6, 6.07) is 0. The quantitative estimate of drug-likeness (QED) is 0.833. The Morgan fingerprint density at radius 3 is 2.50 bits per heavy atom. The molecule has 1 rings (SSSR count). The summed E-state index contributed by atoms with van der Waals surface area (Å²) in [7, 11) is 0. The van der Waals surface area contributed by atoms with Crippen LogP contribution in [0.2, 0.25) is 0 Å². The lowest BCUT2D eigenvalue weighted by atomic mass is 10.2. The molecule has 18 heavy (non-hydrogen) atoms. The summed E-state index contributed by atoms with van der Waals surface area (Å²) in [5.74, 6) is -0.948. The first kappa shape index (κ1) is 13.9. The Kier molecular flexibility index (Phi) is 3.85. The fourth-order valence-corrected chi connectivity index (χ4v) is 1.12. The van der Waals surface area contributed by atoms with Gasteiger partial charge in [-0.1, -0.05) is 0 Å². The van der Waals surface area contributed by atoms with Crippen molar-refractivity contribution in [2.75, 3.05) is 5.32 Å². The number of aromatic carboxylic acids is 1. The largest absolute Gasteiger partial charge is 0.477 e. The monoisotopic (exact) mass is 253 g/mol. The number of carboxylic acids is 1. The maximum Gasteiger partial charge on any atom is 0.413 e. The van der Waals surface area contributed by atoms with Crippen LogP contribution in [0.1, 0.15) is 37.0 Å². The zero-order valence-electron chi connectivity index (χ0n) is 10.6. The second-order valence-electron chi connectivity index (χ2n) is 4.61. The second kappa shape index (κ2) is 4.99. The Labute approximate surface area is 104 Å². The maximum absolute atomic E-state index is 11.5. The number of rotatable bonds is 2.